The second-order valence-electron chi connectivity index (χ2n) is 5.97. The molecule has 1 aliphatic heterocycles. The molecule has 2 heterocycles. The molecule has 6 nitrogen and oxygen atoms in total. The molecule has 3 rings (SSSR count). The van der Waals surface area contributed by atoms with Gasteiger partial charge in [0.2, 0.25) is 0 Å². The Hall–Kier alpha value is -3.20. The first-order valence-electron chi connectivity index (χ1n) is 8.17. The summed E-state index contributed by atoms with van der Waals surface area (Å²) in [7, 11) is 0. The molecule has 0 bridgehead atoms. The first-order valence-corrected chi connectivity index (χ1v) is 8.17. The van der Waals surface area contributed by atoms with Crippen LogP contribution in [-0.4, -0.2) is 40.8 Å². The summed E-state index contributed by atoms with van der Waals surface area (Å²) in [6.07, 6.45) is 4.63. The summed E-state index contributed by atoms with van der Waals surface area (Å²) < 4.78 is 0. The van der Waals surface area contributed by atoms with E-state index < -0.39 is 0 Å². The smallest absolute Gasteiger partial charge is 0.253 e. The maximum atomic E-state index is 12.4. The van der Waals surface area contributed by atoms with Crippen molar-refractivity contribution in [3.05, 3.63) is 65.5 Å². The second kappa shape index (κ2) is 7.58. The molecule has 0 aliphatic carbocycles. The van der Waals surface area contributed by atoms with Crippen LogP contribution in [0.2, 0.25) is 0 Å². The van der Waals surface area contributed by atoms with Crippen molar-refractivity contribution in [1.82, 2.24) is 15.2 Å². The van der Waals surface area contributed by atoms with Gasteiger partial charge in [0, 0.05) is 42.7 Å². The highest BCUT2D eigenvalue weighted by Gasteiger charge is 2.24. The molecule has 1 saturated heterocycles. The van der Waals surface area contributed by atoms with Crippen LogP contribution in [0.5, 0.6) is 0 Å². The van der Waals surface area contributed by atoms with Gasteiger partial charge in [0.15, 0.2) is 0 Å². The fraction of sp³-hybridized carbons (Fsp3) is 0.263. The van der Waals surface area contributed by atoms with Crippen LogP contribution in [0, 0.1) is 11.3 Å². The Morgan fingerprint density at radius 2 is 1.84 bits per heavy atom. The van der Waals surface area contributed by atoms with Gasteiger partial charge < -0.3 is 10.2 Å². The molecule has 126 valence electrons. The zero-order chi connectivity index (χ0) is 17.6. The first kappa shape index (κ1) is 16.7. The van der Waals surface area contributed by atoms with Gasteiger partial charge in [-0.05, 0) is 43.2 Å². The third kappa shape index (κ3) is 4.01. The molecule has 1 aliphatic rings. The van der Waals surface area contributed by atoms with Gasteiger partial charge in [0.25, 0.3) is 11.8 Å². The van der Waals surface area contributed by atoms with Gasteiger partial charge in [-0.15, -0.1) is 0 Å². The van der Waals surface area contributed by atoms with Gasteiger partial charge in [-0.2, -0.15) is 5.26 Å². The van der Waals surface area contributed by atoms with E-state index in [1.165, 1.54) is 0 Å². The lowest BCUT2D eigenvalue weighted by Crippen LogP contribution is -2.46. The van der Waals surface area contributed by atoms with Crippen LogP contribution in [0.15, 0.2) is 48.8 Å². The van der Waals surface area contributed by atoms with Crippen molar-refractivity contribution < 1.29 is 9.59 Å². The van der Waals surface area contributed by atoms with Gasteiger partial charge >= 0.3 is 0 Å². The Kier molecular flexibility index (Phi) is 5.05. The zero-order valence-corrected chi connectivity index (χ0v) is 13.7. The summed E-state index contributed by atoms with van der Waals surface area (Å²) in [5, 5.41) is 11.9. The van der Waals surface area contributed by atoms with Gasteiger partial charge in [-0.1, -0.05) is 6.07 Å². The number of carbonyl (C=O) groups excluding carboxylic acids is 2. The number of nitrogens with one attached hydrogen (secondary N) is 1. The van der Waals surface area contributed by atoms with E-state index in [1.807, 2.05) is 6.07 Å². The minimum atomic E-state index is -0.184. The zero-order valence-electron chi connectivity index (χ0n) is 13.7. The average molecular weight is 334 g/mol. The quantitative estimate of drug-likeness (QED) is 0.930. The van der Waals surface area contributed by atoms with E-state index in [0.29, 0.717) is 42.6 Å². The molecule has 0 unspecified atom stereocenters. The average Bonchev–Trinajstić information content (AvgIpc) is 2.68. The summed E-state index contributed by atoms with van der Waals surface area (Å²) in [5.74, 6) is -0.190. The normalized spacial score (nSPS) is 14.6. The minimum Gasteiger partial charge on any atom is -0.349 e. The van der Waals surface area contributed by atoms with Crippen molar-refractivity contribution in [3.63, 3.8) is 0 Å². The summed E-state index contributed by atoms with van der Waals surface area (Å²) in [6, 6.07) is 12.1. The fourth-order valence-electron chi connectivity index (χ4n) is 2.90. The summed E-state index contributed by atoms with van der Waals surface area (Å²) in [6.45, 7) is 1.20. The molecule has 2 amide bonds. The van der Waals surface area contributed by atoms with E-state index in [0.717, 1.165) is 0 Å². The second-order valence-corrected chi connectivity index (χ2v) is 5.97. The van der Waals surface area contributed by atoms with Gasteiger partial charge in [-0.3, -0.25) is 14.6 Å². The van der Waals surface area contributed by atoms with E-state index in [9.17, 15) is 9.59 Å². The maximum Gasteiger partial charge on any atom is 0.253 e. The molecular weight excluding hydrogens is 316 g/mol. The Balaban J connectivity index is 1.55. The largest absolute Gasteiger partial charge is 0.349 e. The molecule has 0 atom stereocenters. The fourth-order valence-corrected chi connectivity index (χ4v) is 2.90. The van der Waals surface area contributed by atoms with Crippen LogP contribution in [0.25, 0.3) is 0 Å². The lowest BCUT2D eigenvalue weighted by atomic mass is 10.0. The molecule has 0 saturated carbocycles. The molecule has 1 N–H and O–H groups in total. The number of benzene rings is 1. The number of pyridine rings is 1. The van der Waals surface area contributed by atoms with E-state index in [2.05, 4.69) is 10.3 Å². The molecule has 6 heteroatoms. The minimum absolute atomic E-state index is 0.00565. The molecular formula is C19H18N4O2. The van der Waals surface area contributed by atoms with Crippen LogP contribution >= 0.6 is 0 Å². The highest BCUT2D eigenvalue weighted by atomic mass is 16.2. The summed E-state index contributed by atoms with van der Waals surface area (Å²) >= 11 is 0. The molecule has 25 heavy (non-hydrogen) atoms. The van der Waals surface area contributed by atoms with Crippen LogP contribution in [0.4, 0.5) is 0 Å². The predicted octanol–water partition coefficient (Wildman–Crippen LogP) is 1.99. The number of likely N-dealkylation sites (tertiary alicyclic amines) is 1. The Bertz CT molecular complexity index is 806. The van der Waals surface area contributed by atoms with Crippen molar-refractivity contribution in [2.24, 2.45) is 0 Å². The highest BCUT2D eigenvalue weighted by molar-refractivity contribution is 5.95. The monoisotopic (exact) mass is 334 g/mol. The maximum absolute atomic E-state index is 12.4. The third-order valence-electron chi connectivity index (χ3n) is 4.30. The highest BCUT2D eigenvalue weighted by Crippen LogP contribution is 2.14. The summed E-state index contributed by atoms with van der Waals surface area (Å²) in [4.78, 5) is 30.4. The number of rotatable bonds is 3. The number of piperidine rings is 1. The summed E-state index contributed by atoms with van der Waals surface area (Å²) in [5.41, 5.74) is 1.57. The molecule has 1 fully saturated rings. The predicted molar refractivity (Wildman–Crippen MR) is 91.8 cm³/mol. The van der Waals surface area contributed by atoms with Crippen LogP contribution < -0.4 is 5.32 Å². The van der Waals surface area contributed by atoms with E-state index in [4.69, 9.17) is 5.26 Å². The van der Waals surface area contributed by atoms with Crippen molar-refractivity contribution in [3.8, 4) is 6.07 Å². The van der Waals surface area contributed by atoms with Crippen molar-refractivity contribution in [1.29, 1.82) is 5.26 Å². The van der Waals surface area contributed by atoms with E-state index >= 15 is 0 Å². The Morgan fingerprint density at radius 3 is 2.52 bits per heavy atom. The topological polar surface area (TPSA) is 86.1 Å². The van der Waals surface area contributed by atoms with Crippen molar-refractivity contribution in [2.45, 2.75) is 18.9 Å². The number of hydrogen-bond acceptors (Lipinski definition) is 4. The van der Waals surface area contributed by atoms with Gasteiger partial charge in [-0.25, -0.2) is 0 Å². The number of nitriles is 1. The number of carbonyl (C=O) groups is 2. The Morgan fingerprint density at radius 1 is 1.12 bits per heavy atom. The first-order chi connectivity index (χ1) is 12.2. The lowest BCUT2D eigenvalue weighted by Gasteiger charge is -2.32. The standard InChI is InChI=1S/C19H18N4O2/c20-13-14-2-1-3-16(12-14)18(24)22-17-6-10-23(11-7-17)19(25)15-4-8-21-9-5-15/h1-5,8-9,12,17H,6-7,10-11H2,(H,22,24). The molecule has 1 aromatic carbocycles. The van der Waals surface area contributed by atoms with E-state index in [-0.39, 0.29) is 17.9 Å². The van der Waals surface area contributed by atoms with Crippen LogP contribution in [0.1, 0.15) is 39.1 Å². The number of hydrogen-bond donors (Lipinski definition) is 1. The van der Waals surface area contributed by atoms with E-state index in [1.54, 1.807) is 53.7 Å². The lowest BCUT2D eigenvalue weighted by molar-refractivity contribution is 0.0698. The number of nitrogens with zero attached hydrogens (tertiary/aromatic N) is 3. The molecule has 1 aromatic heterocycles. The van der Waals surface area contributed by atoms with Gasteiger partial charge in [0.05, 0.1) is 11.6 Å². The molecule has 0 spiro atoms. The van der Waals surface area contributed by atoms with Crippen molar-refractivity contribution in [2.75, 3.05) is 13.1 Å². The van der Waals surface area contributed by atoms with Crippen molar-refractivity contribution >= 4 is 11.8 Å². The molecule has 0 radical (unpaired) electrons. The van der Waals surface area contributed by atoms with Crippen LogP contribution in [0.3, 0.4) is 0 Å². The number of amides is 2. The SMILES string of the molecule is N#Cc1cccc(C(=O)NC2CCN(C(=O)c3ccncc3)CC2)c1. The molecule has 2 aromatic rings. The van der Waals surface area contributed by atoms with Gasteiger partial charge in [0.1, 0.15) is 0 Å². The Labute approximate surface area is 146 Å². The van der Waals surface area contributed by atoms with Crippen LogP contribution in [-0.2, 0) is 0 Å². The third-order valence-corrected chi connectivity index (χ3v) is 4.30. The number of aromatic nitrogens is 1.